The average molecular weight is 294 g/mol. The maximum absolute atomic E-state index is 5.20. The van der Waals surface area contributed by atoms with Crippen LogP contribution < -0.4 is 9.47 Å². The minimum Gasteiger partial charge on any atom is -0.493 e. The number of aromatic nitrogens is 2. The Morgan fingerprint density at radius 3 is 1.95 bits per heavy atom. The molecule has 21 heavy (non-hydrogen) atoms. The molecule has 0 N–H and O–H groups in total. The van der Waals surface area contributed by atoms with Gasteiger partial charge in [0, 0.05) is 14.7 Å². The Bertz CT molecular complexity index is 523. The highest BCUT2D eigenvalue weighted by Gasteiger charge is 2.06. The highest BCUT2D eigenvalue weighted by atomic mass is 16.5. The molecule has 0 aliphatic carbocycles. The summed E-state index contributed by atoms with van der Waals surface area (Å²) in [6.07, 6.45) is 3.81. The summed E-state index contributed by atoms with van der Waals surface area (Å²) in [5, 5.41) is 3.93. The van der Waals surface area contributed by atoms with E-state index >= 15 is 0 Å². The number of hydrogen-bond acceptors (Lipinski definition) is 3. The van der Waals surface area contributed by atoms with E-state index in [9.17, 15) is 0 Å². The Kier molecular flexibility index (Phi) is 8.93. The maximum Gasteiger partial charge on any atom is 0.163 e. The third-order valence-electron chi connectivity index (χ3n) is 2.64. The van der Waals surface area contributed by atoms with Gasteiger partial charge in [0.05, 0.1) is 20.4 Å². The predicted molar refractivity (Wildman–Crippen MR) is 90.4 cm³/mol. The molecule has 2 rings (SSSR count). The summed E-state index contributed by atoms with van der Waals surface area (Å²) < 4.78 is 12.2. The lowest BCUT2D eigenvalue weighted by molar-refractivity contribution is 0.352. The van der Waals surface area contributed by atoms with Crippen LogP contribution in [-0.4, -0.2) is 24.0 Å². The molecule has 0 fully saturated rings. The Hall–Kier alpha value is -1.97. The van der Waals surface area contributed by atoms with Crippen molar-refractivity contribution in [1.29, 1.82) is 0 Å². The van der Waals surface area contributed by atoms with Gasteiger partial charge in [-0.2, -0.15) is 5.10 Å². The molecule has 120 valence electrons. The van der Waals surface area contributed by atoms with E-state index in [4.69, 9.17) is 9.47 Å². The molecule has 0 aliphatic rings. The lowest BCUT2D eigenvalue weighted by atomic mass is 10.1. The summed E-state index contributed by atoms with van der Waals surface area (Å²) in [6.45, 7) is 10.1. The maximum atomic E-state index is 5.20. The number of methoxy groups -OCH3 is 2. The summed E-state index contributed by atoms with van der Waals surface area (Å²) in [7, 11) is 5.21. The highest BCUT2D eigenvalue weighted by molar-refractivity contribution is 5.48. The van der Waals surface area contributed by atoms with Crippen LogP contribution >= 0.6 is 0 Å². The predicted octanol–water partition coefficient (Wildman–Crippen LogP) is 4.32. The van der Waals surface area contributed by atoms with Crippen LogP contribution in [0.2, 0.25) is 0 Å². The topological polar surface area (TPSA) is 36.3 Å². The lowest BCUT2D eigenvalue weighted by Gasteiger charge is -2.10. The fourth-order valence-electron chi connectivity index (χ4n) is 1.87. The van der Waals surface area contributed by atoms with Gasteiger partial charge < -0.3 is 9.47 Å². The molecule has 0 radical (unpaired) electrons. The molecular weight excluding hydrogens is 264 g/mol. The third-order valence-corrected chi connectivity index (χ3v) is 2.64. The van der Waals surface area contributed by atoms with Crippen LogP contribution in [0.1, 0.15) is 32.0 Å². The van der Waals surface area contributed by atoms with Gasteiger partial charge >= 0.3 is 0 Å². The fourth-order valence-corrected chi connectivity index (χ4v) is 1.87. The number of benzene rings is 1. The number of hydrogen-bond donors (Lipinski definition) is 0. The zero-order valence-corrected chi connectivity index (χ0v) is 14.5. The van der Waals surface area contributed by atoms with E-state index in [2.05, 4.69) is 11.2 Å². The average Bonchev–Trinajstić information content (AvgIpc) is 2.84. The van der Waals surface area contributed by atoms with Gasteiger partial charge in [0.2, 0.25) is 0 Å². The SMILES string of the molecule is CC.COc1cc(C)cc(C)c1OC.Cc1cnn(C)c1.[HH]. The first-order valence-corrected chi connectivity index (χ1v) is 7.12. The second kappa shape index (κ2) is 9.86. The fraction of sp³-hybridized carbons (Fsp3) is 0.471. The zero-order valence-electron chi connectivity index (χ0n) is 14.5. The molecule has 1 aromatic carbocycles. The van der Waals surface area contributed by atoms with E-state index in [0.717, 1.165) is 17.1 Å². The van der Waals surface area contributed by atoms with Crippen LogP contribution in [0.3, 0.4) is 0 Å². The Balaban J connectivity index is 0. The molecule has 0 bridgehead atoms. The highest BCUT2D eigenvalue weighted by Crippen LogP contribution is 2.31. The second-order valence-corrected chi connectivity index (χ2v) is 4.51. The molecule has 4 heteroatoms. The van der Waals surface area contributed by atoms with Crippen molar-refractivity contribution in [3.05, 3.63) is 41.2 Å². The van der Waals surface area contributed by atoms with Crippen LogP contribution in [0.4, 0.5) is 0 Å². The standard InChI is InChI=1S/C10H14O2.C5H8N2.C2H6.H2/c1-7-5-8(2)10(12-4)9(6-7)11-3;1-5-3-6-7(2)4-5;1-2;/h5-6H,1-4H3;3-4H,1-2H3;1-2H3;1H. The van der Waals surface area contributed by atoms with Crippen molar-refractivity contribution < 1.29 is 10.9 Å². The van der Waals surface area contributed by atoms with Crippen molar-refractivity contribution >= 4 is 0 Å². The number of rotatable bonds is 2. The van der Waals surface area contributed by atoms with Crippen LogP contribution in [0.15, 0.2) is 24.5 Å². The van der Waals surface area contributed by atoms with Crippen LogP contribution in [0, 0.1) is 20.8 Å². The van der Waals surface area contributed by atoms with Crippen molar-refractivity contribution in [2.75, 3.05) is 14.2 Å². The molecule has 0 saturated carbocycles. The molecule has 2 aromatic rings. The molecule has 0 saturated heterocycles. The molecule has 0 atom stereocenters. The van der Waals surface area contributed by atoms with Crippen molar-refractivity contribution in [2.24, 2.45) is 7.05 Å². The normalized spacial score (nSPS) is 8.95. The van der Waals surface area contributed by atoms with E-state index in [-0.39, 0.29) is 1.43 Å². The smallest absolute Gasteiger partial charge is 0.163 e. The largest absolute Gasteiger partial charge is 0.493 e. The van der Waals surface area contributed by atoms with Gasteiger partial charge in [0.1, 0.15) is 0 Å². The van der Waals surface area contributed by atoms with Crippen LogP contribution in [-0.2, 0) is 7.05 Å². The number of ether oxygens (including phenoxy) is 2. The molecule has 4 nitrogen and oxygen atoms in total. The molecule has 1 aromatic heterocycles. The summed E-state index contributed by atoms with van der Waals surface area (Å²) in [5.41, 5.74) is 3.50. The first kappa shape index (κ1) is 19.0. The summed E-state index contributed by atoms with van der Waals surface area (Å²) in [5.74, 6) is 1.62. The van der Waals surface area contributed by atoms with Gasteiger partial charge in [-0.15, -0.1) is 0 Å². The van der Waals surface area contributed by atoms with Crippen molar-refractivity contribution in [2.45, 2.75) is 34.6 Å². The number of aryl methyl sites for hydroxylation is 4. The van der Waals surface area contributed by atoms with Gasteiger partial charge in [-0.1, -0.05) is 19.9 Å². The molecule has 0 unspecified atom stereocenters. The first-order chi connectivity index (χ1) is 9.97. The second-order valence-electron chi connectivity index (χ2n) is 4.51. The quantitative estimate of drug-likeness (QED) is 0.827. The van der Waals surface area contributed by atoms with Crippen molar-refractivity contribution in [3.8, 4) is 11.5 Å². The van der Waals surface area contributed by atoms with Gasteiger partial charge in [0.15, 0.2) is 11.5 Å². The van der Waals surface area contributed by atoms with E-state index in [1.165, 1.54) is 11.1 Å². The zero-order chi connectivity index (χ0) is 16.4. The van der Waals surface area contributed by atoms with Gasteiger partial charge in [-0.25, -0.2) is 0 Å². The molecular formula is C17H30N2O2. The Morgan fingerprint density at radius 2 is 1.62 bits per heavy atom. The minimum atomic E-state index is 0. The lowest BCUT2D eigenvalue weighted by Crippen LogP contribution is -1.93. The Labute approximate surface area is 130 Å². The van der Waals surface area contributed by atoms with Crippen molar-refractivity contribution in [3.63, 3.8) is 0 Å². The van der Waals surface area contributed by atoms with E-state index in [0.29, 0.717) is 0 Å². The van der Waals surface area contributed by atoms with Crippen molar-refractivity contribution in [1.82, 2.24) is 9.78 Å². The van der Waals surface area contributed by atoms with Gasteiger partial charge in [-0.3, -0.25) is 4.68 Å². The summed E-state index contributed by atoms with van der Waals surface area (Å²) in [6, 6.07) is 4.03. The third kappa shape index (κ3) is 6.34. The van der Waals surface area contributed by atoms with Crippen LogP contribution in [0.25, 0.3) is 0 Å². The van der Waals surface area contributed by atoms with E-state index < -0.39 is 0 Å². The molecule has 1 heterocycles. The monoisotopic (exact) mass is 294 g/mol. The molecule has 0 amide bonds. The summed E-state index contributed by atoms with van der Waals surface area (Å²) >= 11 is 0. The molecule has 0 spiro atoms. The van der Waals surface area contributed by atoms with E-state index in [1.54, 1.807) is 18.9 Å². The van der Waals surface area contributed by atoms with Gasteiger partial charge in [0.25, 0.3) is 0 Å². The molecule has 0 aliphatic heterocycles. The minimum absolute atomic E-state index is 0. The van der Waals surface area contributed by atoms with Crippen LogP contribution in [0.5, 0.6) is 11.5 Å². The first-order valence-electron chi connectivity index (χ1n) is 7.12. The number of nitrogens with zero attached hydrogens (tertiary/aromatic N) is 2. The van der Waals surface area contributed by atoms with E-state index in [1.807, 2.05) is 60.1 Å². The van der Waals surface area contributed by atoms with Gasteiger partial charge in [-0.05, 0) is 43.5 Å². The Morgan fingerprint density at radius 1 is 1.00 bits per heavy atom. The summed E-state index contributed by atoms with van der Waals surface area (Å²) in [4.78, 5) is 0.